The predicted octanol–water partition coefficient (Wildman–Crippen LogP) is 1.12. The molecule has 90 valence electrons. The third-order valence-electron chi connectivity index (χ3n) is 2.03. The number of nitrogens with two attached hydrogens (primary N) is 1. The third-order valence-corrected chi connectivity index (χ3v) is 2.03. The van der Waals surface area contributed by atoms with Crippen LogP contribution in [0.5, 0.6) is 0 Å². The van der Waals surface area contributed by atoms with E-state index in [2.05, 4.69) is 9.97 Å². The van der Waals surface area contributed by atoms with Crippen LogP contribution < -0.4 is 10.6 Å². The van der Waals surface area contributed by atoms with Crippen molar-refractivity contribution >= 4 is 5.82 Å². The minimum absolute atomic E-state index is 0.314. The molecule has 2 N–H and O–H groups in total. The SMILES string of the molecule is Cc1cc(N(CCN)CC(F)F)nc(C)n1. The zero-order valence-electron chi connectivity index (χ0n) is 9.45. The van der Waals surface area contributed by atoms with Crippen LogP contribution in [0.15, 0.2) is 6.07 Å². The molecule has 0 aliphatic rings. The molecule has 1 rings (SSSR count). The van der Waals surface area contributed by atoms with Crippen LogP contribution in [-0.4, -0.2) is 36.0 Å². The maximum absolute atomic E-state index is 12.4. The molecule has 0 radical (unpaired) electrons. The molecule has 1 aromatic heterocycles. The first-order valence-corrected chi connectivity index (χ1v) is 5.08. The fraction of sp³-hybridized carbons (Fsp3) is 0.600. The fourth-order valence-corrected chi connectivity index (χ4v) is 1.48. The van der Waals surface area contributed by atoms with Gasteiger partial charge >= 0.3 is 0 Å². The van der Waals surface area contributed by atoms with Gasteiger partial charge in [0.05, 0.1) is 6.54 Å². The van der Waals surface area contributed by atoms with Gasteiger partial charge in [-0.15, -0.1) is 0 Å². The van der Waals surface area contributed by atoms with Gasteiger partial charge in [-0.3, -0.25) is 0 Å². The Labute approximate surface area is 93.5 Å². The zero-order valence-corrected chi connectivity index (χ0v) is 9.45. The van der Waals surface area contributed by atoms with Crippen LogP contribution in [0.25, 0.3) is 0 Å². The van der Waals surface area contributed by atoms with E-state index in [0.717, 1.165) is 5.69 Å². The van der Waals surface area contributed by atoms with Crippen LogP contribution in [0.4, 0.5) is 14.6 Å². The van der Waals surface area contributed by atoms with E-state index in [-0.39, 0.29) is 6.54 Å². The van der Waals surface area contributed by atoms with Gasteiger partial charge in [-0.05, 0) is 13.8 Å². The molecular formula is C10H16F2N4. The van der Waals surface area contributed by atoms with E-state index >= 15 is 0 Å². The first kappa shape index (κ1) is 12.8. The highest BCUT2D eigenvalue weighted by Gasteiger charge is 2.14. The van der Waals surface area contributed by atoms with Crippen molar-refractivity contribution in [1.82, 2.24) is 9.97 Å². The summed E-state index contributed by atoms with van der Waals surface area (Å²) >= 11 is 0. The monoisotopic (exact) mass is 230 g/mol. The summed E-state index contributed by atoms with van der Waals surface area (Å²) in [5, 5.41) is 0. The van der Waals surface area contributed by atoms with Crippen LogP contribution in [0, 0.1) is 13.8 Å². The van der Waals surface area contributed by atoms with E-state index < -0.39 is 6.43 Å². The number of anilines is 1. The molecule has 0 spiro atoms. The average molecular weight is 230 g/mol. The molecule has 0 bridgehead atoms. The first-order chi connectivity index (χ1) is 7.52. The lowest BCUT2D eigenvalue weighted by Gasteiger charge is -2.22. The number of alkyl halides is 2. The Hall–Kier alpha value is -1.30. The lowest BCUT2D eigenvalue weighted by atomic mass is 10.3. The van der Waals surface area contributed by atoms with Crippen molar-refractivity contribution < 1.29 is 8.78 Å². The van der Waals surface area contributed by atoms with Crippen molar-refractivity contribution in [1.29, 1.82) is 0 Å². The molecule has 0 unspecified atom stereocenters. The fourth-order valence-electron chi connectivity index (χ4n) is 1.48. The summed E-state index contributed by atoms with van der Waals surface area (Å²) in [6.07, 6.45) is -2.40. The molecule has 0 amide bonds. The van der Waals surface area contributed by atoms with E-state index in [0.29, 0.717) is 24.7 Å². The second-order valence-corrected chi connectivity index (χ2v) is 3.54. The number of aryl methyl sites for hydroxylation is 2. The summed E-state index contributed by atoms with van der Waals surface area (Å²) in [5.74, 6) is 1.09. The van der Waals surface area contributed by atoms with Crippen molar-refractivity contribution in [3.63, 3.8) is 0 Å². The first-order valence-electron chi connectivity index (χ1n) is 5.08. The van der Waals surface area contributed by atoms with Crippen LogP contribution >= 0.6 is 0 Å². The van der Waals surface area contributed by atoms with Crippen molar-refractivity contribution in [3.05, 3.63) is 17.6 Å². The number of halogens is 2. The van der Waals surface area contributed by atoms with Gasteiger partial charge in [0.15, 0.2) is 0 Å². The van der Waals surface area contributed by atoms with Crippen LogP contribution in [0.2, 0.25) is 0 Å². The summed E-state index contributed by atoms with van der Waals surface area (Å²) in [6.45, 7) is 3.86. The average Bonchev–Trinajstić information content (AvgIpc) is 2.14. The molecule has 0 aliphatic carbocycles. The molecular weight excluding hydrogens is 214 g/mol. The summed E-state index contributed by atoms with van der Waals surface area (Å²) in [6, 6.07) is 1.69. The second kappa shape index (κ2) is 5.69. The third kappa shape index (κ3) is 3.69. The van der Waals surface area contributed by atoms with E-state index in [1.165, 1.54) is 4.90 Å². The lowest BCUT2D eigenvalue weighted by Crippen LogP contribution is -2.34. The van der Waals surface area contributed by atoms with E-state index in [4.69, 9.17) is 5.73 Å². The topological polar surface area (TPSA) is 55.0 Å². The summed E-state index contributed by atoms with van der Waals surface area (Å²) in [5.41, 5.74) is 6.15. The molecule has 4 nitrogen and oxygen atoms in total. The zero-order chi connectivity index (χ0) is 12.1. The quantitative estimate of drug-likeness (QED) is 0.823. The molecule has 0 aliphatic heterocycles. The molecule has 0 fully saturated rings. The minimum atomic E-state index is -2.40. The minimum Gasteiger partial charge on any atom is -0.350 e. The number of nitrogens with zero attached hydrogens (tertiary/aromatic N) is 3. The highest BCUT2D eigenvalue weighted by Crippen LogP contribution is 2.13. The molecule has 6 heteroatoms. The standard InChI is InChI=1S/C10H16F2N4/c1-7-5-10(15-8(2)14-7)16(4-3-13)6-9(11)12/h5,9H,3-4,6,13H2,1-2H3. The van der Waals surface area contributed by atoms with E-state index in [9.17, 15) is 8.78 Å². The smallest absolute Gasteiger partial charge is 0.255 e. The number of rotatable bonds is 5. The Morgan fingerprint density at radius 2 is 2.06 bits per heavy atom. The summed E-state index contributed by atoms with van der Waals surface area (Å²) in [7, 11) is 0. The molecule has 1 heterocycles. The molecule has 0 saturated heterocycles. The van der Waals surface area contributed by atoms with Crippen molar-refractivity contribution in [3.8, 4) is 0 Å². The molecule has 0 atom stereocenters. The van der Waals surface area contributed by atoms with Gasteiger partial charge in [0, 0.05) is 24.8 Å². The molecule has 1 aromatic rings. The highest BCUT2D eigenvalue weighted by molar-refractivity contribution is 5.39. The van der Waals surface area contributed by atoms with E-state index in [1.807, 2.05) is 0 Å². The number of aromatic nitrogens is 2. The lowest BCUT2D eigenvalue weighted by molar-refractivity contribution is 0.154. The normalized spacial score (nSPS) is 10.9. The van der Waals surface area contributed by atoms with Crippen LogP contribution in [-0.2, 0) is 0 Å². The summed E-state index contributed by atoms with van der Waals surface area (Å²) < 4.78 is 24.7. The van der Waals surface area contributed by atoms with Gasteiger partial charge in [0.25, 0.3) is 6.43 Å². The largest absolute Gasteiger partial charge is 0.350 e. The molecule has 0 aromatic carbocycles. The van der Waals surface area contributed by atoms with Crippen LogP contribution in [0.3, 0.4) is 0 Å². The van der Waals surface area contributed by atoms with Gasteiger partial charge in [-0.2, -0.15) is 0 Å². The van der Waals surface area contributed by atoms with Crippen molar-refractivity contribution in [2.45, 2.75) is 20.3 Å². The predicted molar refractivity (Wildman–Crippen MR) is 58.8 cm³/mol. The van der Waals surface area contributed by atoms with Crippen molar-refractivity contribution in [2.75, 3.05) is 24.5 Å². The van der Waals surface area contributed by atoms with E-state index in [1.54, 1.807) is 19.9 Å². The Balaban J connectivity index is 2.90. The number of hydrogen-bond acceptors (Lipinski definition) is 4. The Morgan fingerprint density at radius 1 is 1.38 bits per heavy atom. The Bertz CT molecular complexity index is 323. The van der Waals surface area contributed by atoms with Gasteiger partial charge in [-0.1, -0.05) is 0 Å². The Kier molecular flexibility index (Phi) is 4.54. The molecule has 0 saturated carbocycles. The van der Waals surface area contributed by atoms with Crippen LogP contribution in [0.1, 0.15) is 11.5 Å². The van der Waals surface area contributed by atoms with Gasteiger partial charge in [0.1, 0.15) is 11.6 Å². The van der Waals surface area contributed by atoms with Gasteiger partial charge in [0.2, 0.25) is 0 Å². The van der Waals surface area contributed by atoms with Gasteiger partial charge in [-0.25, -0.2) is 18.7 Å². The maximum Gasteiger partial charge on any atom is 0.255 e. The molecule has 16 heavy (non-hydrogen) atoms. The highest BCUT2D eigenvalue weighted by atomic mass is 19.3. The number of hydrogen-bond donors (Lipinski definition) is 1. The second-order valence-electron chi connectivity index (χ2n) is 3.54. The maximum atomic E-state index is 12.4. The summed E-state index contributed by atoms with van der Waals surface area (Å²) in [4.78, 5) is 9.71. The van der Waals surface area contributed by atoms with Crippen molar-refractivity contribution in [2.24, 2.45) is 5.73 Å². The van der Waals surface area contributed by atoms with Gasteiger partial charge < -0.3 is 10.6 Å². The Morgan fingerprint density at radius 3 is 2.56 bits per heavy atom.